The lowest BCUT2D eigenvalue weighted by molar-refractivity contribution is -0.137. The van der Waals surface area contributed by atoms with E-state index in [1.54, 1.807) is 47.0 Å². The molecule has 0 aliphatic rings. The average Bonchev–Trinajstić information content (AvgIpc) is 3.14. The normalized spacial score (nSPS) is 11.4. The smallest absolute Gasteiger partial charge is 0.383 e. The maximum atomic E-state index is 13.3. The van der Waals surface area contributed by atoms with Crippen LogP contribution in [0.2, 0.25) is 0 Å². The molecule has 8 nitrogen and oxygen atoms in total. The van der Waals surface area contributed by atoms with Crippen molar-refractivity contribution in [2.24, 2.45) is 0 Å². The van der Waals surface area contributed by atoms with Crippen LogP contribution >= 0.6 is 0 Å². The van der Waals surface area contributed by atoms with Crippen molar-refractivity contribution in [3.63, 3.8) is 0 Å². The first-order chi connectivity index (χ1) is 16.1. The molecule has 0 aliphatic carbocycles. The number of carbonyl (C=O) groups is 2. The number of nitrogens with one attached hydrogen (secondary N) is 2. The van der Waals surface area contributed by atoms with E-state index < -0.39 is 17.6 Å². The number of pyridine rings is 2. The number of imidazole rings is 1. The predicted molar refractivity (Wildman–Crippen MR) is 121 cm³/mol. The van der Waals surface area contributed by atoms with Gasteiger partial charge in [-0.25, -0.2) is 9.97 Å². The third-order valence-corrected chi connectivity index (χ3v) is 5.12. The topological polar surface area (TPSA) is 114 Å². The van der Waals surface area contributed by atoms with Gasteiger partial charge in [-0.3, -0.25) is 14.0 Å². The van der Waals surface area contributed by atoms with E-state index in [0.29, 0.717) is 28.0 Å². The highest BCUT2D eigenvalue weighted by molar-refractivity contribution is 5.96. The van der Waals surface area contributed by atoms with Crippen molar-refractivity contribution in [1.29, 1.82) is 0 Å². The third-order valence-electron chi connectivity index (χ3n) is 5.12. The molecule has 3 aromatic heterocycles. The summed E-state index contributed by atoms with van der Waals surface area (Å²) in [7, 11) is 1.52. The van der Waals surface area contributed by atoms with E-state index in [9.17, 15) is 22.8 Å². The molecule has 0 spiro atoms. The number of nitrogens with two attached hydrogens (primary N) is 1. The van der Waals surface area contributed by atoms with Crippen molar-refractivity contribution < 1.29 is 22.8 Å². The van der Waals surface area contributed by atoms with Gasteiger partial charge in [0, 0.05) is 48.6 Å². The van der Waals surface area contributed by atoms with Gasteiger partial charge >= 0.3 is 6.18 Å². The quantitative estimate of drug-likeness (QED) is 0.419. The molecule has 0 atom stereocenters. The standard InChI is InChI=1S/C23H19F3N6O2/c1-12(33)30-21-19(13-3-5-14(6-4-13)22(34)28-2)32-11-15(7-8-18(32)31-21)16-9-17(23(24,25)26)20(27)29-10-16/h3-11H,1-2H3,(H2,27,29)(H,28,34)(H,30,33). The molecule has 0 bridgehead atoms. The SMILES string of the molecule is CNC(=O)c1ccc(-c2c(NC(C)=O)nc3ccc(-c4cnc(N)c(C(F)(F)F)c4)cn23)cc1. The van der Waals surface area contributed by atoms with Crippen molar-refractivity contribution in [2.75, 3.05) is 18.1 Å². The van der Waals surface area contributed by atoms with E-state index in [1.165, 1.54) is 20.2 Å². The van der Waals surface area contributed by atoms with Crippen molar-refractivity contribution in [3.8, 4) is 22.4 Å². The molecule has 174 valence electrons. The fourth-order valence-electron chi connectivity index (χ4n) is 3.53. The summed E-state index contributed by atoms with van der Waals surface area (Å²) >= 11 is 0. The predicted octanol–water partition coefficient (Wildman–Crippen LogP) is 3.98. The van der Waals surface area contributed by atoms with Crippen LogP contribution in [0, 0.1) is 0 Å². The molecule has 3 heterocycles. The second kappa shape index (κ2) is 8.50. The first-order valence-electron chi connectivity index (χ1n) is 10.0. The number of carbonyl (C=O) groups excluding carboxylic acids is 2. The van der Waals surface area contributed by atoms with Gasteiger partial charge in [0.2, 0.25) is 5.91 Å². The average molecular weight is 468 g/mol. The Morgan fingerprint density at radius 2 is 1.71 bits per heavy atom. The number of amides is 2. The van der Waals surface area contributed by atoms with E-state index in [2.05, 4.69) is 20.6 Å². The number of halogens is 3. The van der Waals surface area contributed by atoms with Crippen LogP contribution in [0.3, 0.4) is 0 Å². The zero-order chi connectivity index (χ0) is 24.6. The largest absolute Gasteiger partial charge is 0.419 e. The van der Waals surface area contributed by atoms with Crippen molar-refractivity contribution >= 4 is 29.1 Å². The first-order valence-corrected chi connectivity index (χ1v) is 10.0. The van der Waals surface area contributed by atoms with Crippen molar-refractivity contribution in [2.45, 2.75) is 13.1 Å². The summed E-state index contributed by atoms with van der Waals surface area (Å²) in [6.07, 6.45) is -1.79. The molecule has 34 heavy (non-hydrogen) atoms. The lowest BCUT2D eigenvalue weighted by atomic mass is 10.1. The van der Waals surface area contributed by atoms with Gasteiger partial charge in [0.05, 0.1) is 11.3 Å². The number of nitrogens with zero attached hydrogens (tertiary/aromatic N) is 3. The van der Waals surface area contributed by atoms with Crippen LogP contribution < -0.4 is 16.4 Å². The fourth-order valence-corrected chi connectivity index (χ4v) is 3.53. The molecule has 0 radical (unpaired) electrons. The Hall–Kier alpha value is -4.41. The summed E-state index contributed by atoms with van der Waals surface area (Å²) in [5, 5.41) is 5.22. The lowest BCUT2D eigenvalue weighted by Gasteiger charge is -2.12. The van der Waals surface area contributed by atoms with E-state index >= 15 is 0 Å². The van der Waals surface area contributed by atoms with Gasteiger partial charge < -0.3 is 16.4 Å². The van der Waals surface area contributed by atoms with E-state index in [-0.39, 0.29) is 23.2 Å². The molecule has 0 saturated heterocycles. The maximum Gasteiger partial charge on any atom is 0.419 e. The Balaban J connectivity index is 1.89. The molecule has 2 amide bonds. The van der Waals surface area contributed by atoms with Crippen LogP contribution in [0.5, 0.6) is 0 Å². The summed E-state index contributed by atoms with van der Waals surface area (Å²) in [5.74, 6) is -0.941. The first kappa shape index (κ1) is 22.8. The Morgan fingerprint density at radius 3 is 2.32 bits per heavy atom. The van der Waals surface area contributed by atoms with E-state index in [1.807, 2.05) is 0 Å². The van der Waals surface area contributed by atoms with Crippen LogP contribution in [0.25, 0.3) is 28.0 Å². The van der Waals surface area contributed by atoms with Gasteiger partial charge in [-0.05, 0) is 30.3 Å². The number of anilines is 2. The molecule has 11 heteroatoms. The van der Waals surface area contributed by atoms with Gasteiger partial charge in [0.25, 0.3) is 5.91 Å². The monoisotopic (exact) mass is 468 g/mol. The van der Waals surface area contributed by atoms with Crippen LogP contribution in [0.1, 0.15) is 22.8 Å². The number of hydrogen-bond acceptors (Lipinski definition) is 5. The van der Waals surface area contributed by atoms with Gasteiger partial charge in [0.15, 0.2) is 5.82 Å². The van der Waals surface area contributed by atoms with Crippen molar-refractivity contribution in [1.82, 2.24) is 19.7 Å². The number of alkyl halides is 3. The molecule has 0 fully saturated rings. The zero-order valence-electron chi connectivity index (χ0n) is 18.1. The summed E-state index contributed by atoms with van der Waals surface area (Å²) in [4.78, 5) is 31.8. The van der Waals surface area contributed by atoms with Crippen molar-refractivity contribution in [3.05, 3.63) is 66.0 Å². The van der Waals surface area contributed by atoms with Crippen LogP contribution in [0.4, 0.5) is 24.8 Å². The summed E-state index contributed by atoms with van der Waals surface area (Å²) in [6, 6.07) is 10.8. The number of aromatic nitrogens is 3. The summed E-state index contributed by atoms with van der Waals surface area (Å²) < 4.78 is 41.6. The summed E-state index contributed by atoms with van der Waals surface area (Å²) in [6.45, 7) is 1.34. The second-order valence-electron chi connectivity index (χ2n) is 7.45. The Kier molecular flexibility index (Phi) is 5.70. The molecule has 4 rings (SSSR count). The highest BCUT2D eigenvalue weighted by atomic mass is 19.4. The molecule has 0 aliphatic heterocycles. The van der Waals surface area contributed by atoms with Crippen LogP contribution in [-0.2, 0) is 11.0 Å². The summed E-state index contributed by atoms with van der Waals surface area (Å²) in [5.41, 5.74) is 7.06. The maximum absolute atomic E-state index is 13.3. The zero-order valence-corrected chi connectivity index (χ0v) is 18.1. The minimum absolute atomic E-state index is 0.208. The van der Waals surface area contributed by atoms with E-state index in [4.69, 9.17) is 5.73 Å². The second-order valence-corrected chi connectivity index (χ2v) is 7.45. The highest BCUT2D eigenvalue weighted by Gasteiger charge is 2.34. The van der Waals surface area contributed by atoms with E-state index in [0.717, 1.165) is 6.07 Å². The molecule has 4 N–H and O–H groups in total. The molecule has 0 unspecified atom stereocenters. The number of fused-ring (bicyclic) bond motifs is 1. The Morgan fingerprint density at radius 1 is 1.03 bits per heavy atom. The van der Waals surface area contributed by atoms with Gasteiger partial charge in [0.1, 0.15) is 11.5 Å². The Labute approximate surface area is 191 Å². The number of nitrogen functional groups attached to an aromatic ring is 1. The Bertz CT molecular complexity index is 1410. The number of hydrogen-bond donors (Lipinski definition) is 3. The molecule has 0 saturated carbocycles. The molecule has 1 aromatic carbocycles. The van der Waals surface area contributed by atoms with Crippen LogP contribution in [0.15, 0.2) is 54.9 Å². The lowest BCUT2D eigenvalue weighted by Crippen LogP contribution is -2.17. The number of benzene rings is 1. The molecular formula is C23H19F3N6O2. The fraction of sp³-hybridized carbons (Fsp3) is 0.130. The third kappa shape index (κ3) is 4.27. The van der Waals surface area contributed by atoms with Gasteiger partial charge in [-0.1, -0.05) is 12.1 Å². The highest BCUT2D eigenvalue weighted by Crippen LogP contribution is 2.36. The van der Waals surface area contributed by atoms with Gasteiger partial charge in [-0.2, -0.15) is 13.2 Å². The molecular weight excluding hydrogens is 449 g/mol. The minimum Gasteiger partial charge on any atom is -0.383 e. The molecule has 4 aromatic rings. The van der Waals surface area contributed by atoms with Crippen LogP contribution in [-0.4, -0.2) is 33.2 Å². The minimum atomic E-state index is -4.65. The number of rotatable bonds is 4. The van der Waals surface area contributed by atoms with Gasteiger partial charge in [-0.15, -0.1) is 0 Å².